The fourth-order valence-electron chi connectivity index (χ4n) is 2.59. The number of esters is 1. The van der Waals surface area contributed by atoms with E-state index in [0.29, 0.717) is 34.1 Å². The van der Waals surface area contributed by atoms with Crippen LogP contribution in [0.25, 0.3) is 6.08 Å². The van der Waals surface area contributed by atoms with Gasteiger partial charge in [0.1, 0.15) is 0 Å². The van der Waals surface area contributed by atoms with Crippen molar-refractivity contribution in [2.24, 2.45) is 0 Å². The van der Waals surface area contributed by atoms with E-state index in [1.807, 2.05) is 0 Å². The number of nitrogens with one attached hydrogen (secondary N) is 1. The molecule has 0 heterocycles. The molecule has 0 bridgehead atoms. The standard InChI is InChI=1S/C21H23NO6/c1-13-10-15(21(24)28-5)7-8-16(13)22-19(23)9-6-14-11-17(25-2)20(27-4)18(12-14)26-3/h6-12H,1-5H3,(H,22,23)/b9-6+. The quantitative estimate of drug-likeness (QED) is 0.581. The fraction of sp³-hybridized carbons (Fsp3) is 0.238. The molecule has 148 valence electrons. The van der Waals surface area contributed by atoms with Gasteiger partial charge in [0.2, 0.25) is 11.7 Å². The van der Waals surface area contributed by atoms with E-state index in [2.05, 4.69) is 10.1 Å². The summed E-state index contributed by atoms with van der Waals surface area (Å²) in [5, 5.41) is 2.78. The van der Waals surface area contributed by atoms with Crippen LogP contribution in [0.15, 0.2) is 36.4 Å². The highest BCUT2D eigenvalue weighted by Gasteiger charge is 2.12. The third kappa shape index (κ3) is 4.82. The number of carbonyl (C=O) groups is 2. The number of anilines is 1. The zero-order chi connectivity index (χ0) is 20.7. The first kappa shape index (κ1) is 20.8. The molecule has 2 aromatic carbocycles. The number of aryl methyl sites for hydroxylation is 1. The second kappa shape index (κ2) is 9.45. The van der Waals surface area contributed by atoms with Gasteiger partial charge in [-0.25, -0.2) is 4.79 Å². The van der Waals surface area contributed by atoms with Crippen molar-refractivity contribution in [2.75, 3.05) is 33.8 Å². The third-order valence-electron chi connectivity index (χ3n) is 4.02. The minimum Gasteiger partial charge on any atom is -0.493 e. The van der Waals surface area contributed by atoms with Crippen LogP contribution in [-0.4, -0.2) is 40.3 Å². The lowest BCUT2D eigenvalue weighted by atomic mass is 10.1. The Hall–Kier alpha value is -3.48. The van der Waals surface area contributed by atoms with Crippen molar-refractivity contribution in [1.29, 1.82) is 0 Å². The van der Waals surface area contributed by atoms with Crippen molar-refractivity contribution in [2.45, 2.75) is 6.92 Å². The van der Waals surface area contributed by atoms with E-state index in [9.17, 15) is 9.59 Å². The van der Waals surface area contributed by atoms with Crippen molar-refractivity contribution in [3.8, 4) is 17.2 Å². The Balaban J connectivity index is 2.17. The average Bonchev–Trinajstić information content (AvgIpc) is 2.72. The fourth-order valence-corrected chi connectivity index (χ4v) is 2.59. The van der Waals surface area contributed by atoms with E-state index < -0.39 is 5.97 Å². The molecule has 0 aliphatic rings. The molecule has 0 aromatic heterocycles. The Kier molecular flexibility index (Phi) is 7.03. The predicted octanol–water partition coefficient (Wildman–Crippen LogP) is 3.46. The van der Waals surface area contributed by atoms with Gasteiger partial charge >= 0.3 is 5.97 Å². The van der Waals surface area contributed by atoms with E-state index in [0.717, 1.165) is 5.56 Å². The van der Waals surface area contributed by atoms with Crippen molar-refractivity contribution in [1.82, 2.24) is 0 Å². The summed E-state index contributed by atoms with van der Waals surface area (Å²) in [5.74, 6) is 0.728. The molecule has 0 radical (unpaired) electrons. The number of rotatable bonds is 7. The number of methoxy groups -OCH3 is 4. The molecule has 0 unspecified atom stereocenters. The molecule has 2 aromatic rings. The molecule has 0 spiro atoms. The van der Waals surface area contributed by atoms with E-state index in [4.69, 9.17) is 14.2 Å². The first-order valence-corrected chi connectivity index (χ1v) is 8.41. The summed E-state index contributed by atoms with van der Waals surface area (Å²) in [5.41, 5.74) is 2.48. The molecular formula is C21H23NO6. The number of benzene rings is 2. The molecule has 0 atom stereocenters. The minimum atomic E-state index is -0.428. The summed E-state index contributed by atoms with van der Waals surface area (Å²) in [7, 11) is 5.90. The number of hydrogen-bond donors (Lipinski definition) is 1. The number of amides is 1. The highest BCUT2D eigenvalue weighted by Crippen LogP contribution is 2.38. The van der Waals surface area contributed by atoms with Crippen molar-refractivity contribution < 1.29 is 28.5 Å². The molecule has 0 saturated carbocycles. The van der Waals surface area contributed by atoms with Gasteiger partial charge in [-0.05, 0) is 54.5 Å². The van der Waals surface area contributed by atoms with E-state index in [-0.39, 0.29) is 5.91 Å². The summed E-state index contributed by atoms with van der Waals surface area (Å²) >= 11 is 0. The van der Waals surface area contributed by atoms with Gasteiger partial charge < -0.3 is 24.3 Å². The van der Waals surface area contributed by atoms with Gasteiger partial charge in [-0.15, -0.1) is 0 Å². The molecule has 0 fully saturated rings. The van der Waals surface area contributed by atoms with E-state index in [1.54, 1.807) is 43.3 Å². The van der Waals surface area contributed by atoms with Crippen molar-refractivity contribution in [3.05, 3.63) is 53.1 Å². The van der Waals surface area contributed by atoms with Gasteiger partial charge in [-0.1, -0.05) is 0 Å². The van der Waals surface area contributed by atoms with Crippen LogP contribution >= 0.6 is 0 Å². The molecule has 0 saturated heterocycles. The lowest BCUT2D eigenvalue weighted by Crippen LogP contribution is -2.10. The summed E-state index contributed by atoms with van der Waals surface area (Å²) in [6, 6.07) is 8.39. The summed E-state index contributed by atoms with van der Waals surface area (Å²) in [6.45, 7) is 1.80. The highest BCUT2D eigenvalue weighted by molar-refractivity contribution is 6.02. The molecule has 28 heavy (non-hydrogen) atoms. The maximum Gasteiger partial charge on any atom is 0.337 e. The minimum absolute atomic E-state index is 0.317. The summed E-state index contributed by atoms with van der Waals surface area (Å²) in [4.78, 5) is 23.8. The smallest absolute Gasteiger partial charge is 0.337 e. The Morgan fingerprint density at radius 3 is 2.07 bits per heavy atom. The van der Waals surface area contributed by atoms with Crippen LogP contribution in [0, 0.1) is 6.92 Å². The van der Waals surface area contributed by atoms with Gasteiger partial charge in [0, 0.05) is 11.8 Å². The molecule has 7 nitrogen and oxygen atoms in total. The van der Waals surface area contributed by atoms with Crippen LogP contribution in [0.4, 0.5) is 5.69 Å². The van der Waals surface area contributed by atoms with Crippen LogP contribution in [0.5, 0.6) is 17.2 Å². The van der Waals surface area contributed by atoms with Crippen LogP contribution in [0.2, 0.25) is 0 Å². The van der Waals surface area contributed by atoms with Crippen molar-refractivity contribution >= 4 is 23.6 Å². The zero-order valence-corrected chi connectivity index (χ0v) is 16.5. The SMILES string of the molecule is COC(=O)c1ccc(NC(=O)/C=C/c2cc(OC)c(OC)c(OC)c2)c(C)c1. The van der Waals surface area contributed by atoms with Crippen molar-refractivity contribution in [3.63, 3.8) is 0 Å². The Morgan fingerprint density at radius 1 is 0.929 bits per heavy atom. The van der Waals surface area contributed by atoms with Crippen LogP contribution < -0.4 is 19.5 Å². The highest BCUT2D eigenvalue weighted by atomic mass is 16.5. The maximum absolute atomic E-state index is 12.3. The van der Waals surface area contributed by atoms with Gasteiger partial charge in [0.15, 0.2) is 11.5 Å². The summed E-state index contributed by atoms with van der Waals surface area (Å²) in [6.07, 6.45) is 3.03. The number of hydrogen-bond acceptors (Lipinski definition) is 6. The Morgan fingerprint density at radius 2 is 1.57 bits per heavy atom. The molecule has 2 rings (SSSR count). The van der Waals surface area contributed by atoms with Gasteiger partial charge in [0.05, 0.1) is 34.0 Å². The van der Waals surface area contributed by atoms with Crippen LogP contribution in [0.1, 0.15) is 21.5 Å². The molecule has 0 aliphatic carbocycles. The zero-order valence-electron chi connectivity index (χ0n) is 16.5. The van der Waals surface area contributed by atoms with Gasteiger partial charge in [-0.2, -0.15) is 0 Å². The normalized spacial score (nSPS) is 10.5. The number of carbonyl (C=O) groups excluding carboxylic acids is 2. The first-order valence-electron chi connectivity index (χ1n) is 8.41. The number of ether oxygens (including phenoxy) is 4. The monoisotopic (exact) mass is 385 g/mol. The van der Waals surface area contributed by atoms with Gasteiger partial charge in [0.25, 0.3) is 0 Å². The molecular weight excluding hydrogens is 362 g/mol. The summed E-state index contributed by atoms with van der Waals surface area (Å²) < 4.78 is 20.6. The van der Waals surface area contributed by atoms with Gasteiger partial charge in [-0.3, -0.25) is 4.79 Å². The topological polar surface area (TPSA) is 83.1 Å². The largest absolute Gasteiger partial charge is 0.493 e. The first-order chi connectivity index (χ1) is 13.4. The molecule has 0 aliphatic heterocycles. The van der Waals surface area contributed by atoms with E-state index in [1.165, 1.54) is 34.5 Å². The predicted molar refractivity (Wildman–Crippen MR) is 106 cm³/mol. The van der Waals surface area contributed by atoms with Crippen LogP contribution in [-0.2, 0) is 9.53 Å². The lowest BCUT2D eigenvalue weighted by Gasteiger charge is -2.12. The average molecular weight is 385 g/mol. The molecule has 1 N–H and O–H groups in total. The third-order valence-corrected chi connectivity index (χ3v) is 4.02. The second-order valence-corrected chi connectivity index (χ2v) is 5.80. The Bertz CT molecular complexity index is 879. The second-order valence-electron chi connectivity index (χ2n) is 5.80. The Labute approximate surface area is 163 Å². The van der Waals surface area contributed by atoms with Crippen LogP contribution in [0.3, 0.4) is 0 Å². The van der Waals surface area contributed by atoms with E-state index >= 15 is 0 Å². The lowest BCUT2D eigenvalue weighted by molar-refractivity contribution is -0.111. The molecule has 1 amide bonds. The maximum atomic E-state index is 12.3. The molecule has 7 heteroatoms.